The molecule has 2 atom stereocenters. The van der Waals surface area contributed by atoms with Gasteiger partial charge in [-0.3, -0.25) is 68.8 Å². The number of aldehydes is 1. The van der Waals surface area contributed by atoms with E-state index in [2.05, 4.69) is 153 Å². The molecule has 4 saturated carbocycles. The van der Waals surface area contributed by atoms with E-state index in [-0.39, 0.29) is 64.2 Å². The van der Waals surface area contributed by atoms with Crippen molar-refractivity contribution in [1.29, 1.82) is 0 Å². The Morgan fingerprint density at radius 1 is 0.464 bits per heavy atom. The molecule has 0 bridgehead atoms. The number of carbonyl (C=O) groups is 9. The summed E-state index contributed by atoms with van der Waals surface area (Å²) in [5.74, 6) is -1.35. The van der Waals surface area contributed by atoms with E-state index in [9.17, 15) is 43.2 Å². The second-order valence-corrected chi connectivity index (χ2v) is 37.0. The molecule has 8 aliphatic heterocycles. The van der Waals surface area contributed by atoms with Gasteiger partial charge < -0.3 is 53.2 Å². The molecule has 3 N–H and O–H groups in total. The highest BCUT2D eigenvalue weighted by atomic mass is 16.5. The molecule has 27 heteroatoms. The van der Waals surface area contributed by atoms with Gasteiger partial charge >= 0.3 is 0 Å². The minimum absolute atomic E-state index is 0. The number of rotatable bonds is 19. The molecule has 6 aromatic heterocycles. The molecule has 6 saturated heterocycles. The number of likely N-dealkylation sites (tertiary alicyclic amines) is 1. The van der Waals surface area contributed by atoms with Gasteiger partial charge in [-0.2, -0.15) is 0 Å². The largest absolute Gasteiger partial charge is 0.474 e. The summed E-state index contributed by atoms with van der Waals surface area (Å²) in [5, 5.41) is 12.7. The molecule has 4 aliphatic carbocycles. The molecule has 10 fully saturated rings. The second-order valence-electron chi connectivity index (χ2n) is 37.0. The predicted molar refractivity (Wildman–Crippen MR) is 478 cm³/mol. The minimum atomic E-state index is -0.951. The van der Waals surface area contributed by atoms with E-state index in [0.29, 0.717) is 69.8 Å². The zero-order valence-electron chi connectivity index (χ0n) is 70.1. The zero-order valence-corrected chi connectivity index (χ0v) is 70.1. The number of imide groups is 4. The SMILES string of the molecule is C.C.CN(C1CC(Oc2ccc(-c3ccc4c5cnccc5n(C)c4c3)cn2)C1)C1CC2(C1)CN(CCC1CCN(c3ccc4c(c3)C(=O)N(C3CCC(=O)NC3=O)C4=O)CC1)C2.CN(C1CC(Oc2ccc(-c3ccc4c5cnccc5n(C)c4c3)cn2)C1)C1CC2(CNC2)C1.O=CCC1CCN(c2ccc3c(c2)C(=O)N(C2CCC(=O)NC2=O)C3=O)CC1. The lowest BCUT2D eigenvalue weighted by Gasteiger charge is -2.62. The van der Waals surface area contributed by atoms with Crippen LogP contribution < -0.4 is 35.2 Å². The van der Waals surface area contributed by atoms with Gasteiger partial charge in [0.25, 0.3) is 23.6 Å². The van der Waals surface area contributed by atoms with Crippen molar-refractivity contribution in [3.05, 3.63) is 169 Å². The van der Waals surface area contributed by atoms with Gasteiger partial charge in [-0.05, 0) is 198 Å². The fourth-order valence-corrected chi connectivity index (χ4v) is 21.8. The van der Waals surface area contributed by atoms with E-state index >= 15 is 0 Å². The summed E-state index contributed by atoms with van der Waals surface area (Å²) in [5.41, 5.74) is 13.4. The number of pyridine rings is 4. The van der Waals surface area contributed by atoms with Gasteiger partial charge in [0, 0.05) is 240 Å². The smallest absolute Gasteiger partial charge is 0.262 e. The van der Waals surface area contributed by atoms with Gasteiger partial charge in [0.1, 0.15) is 30.6 Å². The Morgan fingerprint density at radius 3 is 1.31 bits per heavy atom. The summed E-state index contributed by atoms with van der Waals surface area (Å²) < 4.78 is 17.0. The third-order valence-corrected chi connectivity index (χ3v) is 29.7. The maximum atomic E-state index is 13.3. The van der Waals surface area contributed by atoms with Gasteiger partial charge in [0.15, 0.2) is 0 Å². The van der Waals surface area contributed by atoms with Crippen LogP contribution >= 0.6 is 0 Å². The topological polar surface area (TPSA) is 292 Å². The van der Waals surface area contributed by atoms with Crippen LogP contribution in [0.15, 0.2) is 146 Å². The zero-order chi connectivity index (χ0) is 84.3. The van der Waals surface area contributed by atoms with Gasteiger partial charge in [-0.1, -0.05) is 39.1 Å². The number of anilines is 2. The number of carbonyl (C=O) groups excluding carboxylic acids is 9. The average Bonchev–Trinajstić information content (AvgIpc) is 1.73. The first-order chi connectivity index (χ1) is 59.7. The summed E-state index contributed by atoms with van der Waals surface area (Å²) in [6.45, 7) is 9.46. The maximum absolute atomic E-state index is 13.3. The minimum Gasteiger partial charge on any atom is -0.474 e. The Bertz CT molecular complexity index is 5870. The summed E-state index contributed by atoms with van der Waals surface area (Å²) in [6, 6.07) is 36.9. The van der Waals surface area contributed by atoms with E-state index < -0.39 is 53.4 Å². The number of ether oxygens (including phenoxy) is 2. The Hall–Kier alpha value is -11.7. The molecule has 8 amide bonds. The van der Waals surface area contributed by atoms with Gasteiger partial charge in [-0.25, -0.2) is 9.97 Å². The summed E-state index contributed by atoms with van der Waals surface area (Å²) in [6.07, 6.45) is 28.9. The third-order valence-electron chi connectivity index (χ3n) is 29.7. The monoisotopic (exact) mass is 1690 g/mol. The molecule has 650 valence electrons. The van der Waals surface area contributed by atoms with Crippen LogP contribution in [-0.2, 0) is 38.1 Å². The standard InChI is InChI=1S/C48H52N8O5.C28H31N5O.C20H21N3O5.2CH4/c1-52(33-20-35(21-33)61-44-10-4-31(25-50-44)30-3-6-36-39-26-49-15-11-40(39)53(2)42(36)19-30)34-23-48(24-34)27-54(28-48)16-12-29-13-17-55(18-14-29)32-5-7-37-38(22-32)47(60)56(46(37)59)41-8-9-43(57)51-45(41)58;1-32(21-12-28(13-21)16-30-17-28)20-10-22(11-20)34-27-6-4-19(14-31-27)18-3-5-23-24-15-29-8-7-25(24)33(2)26(23)9-18;24-10-7-12-5-8-22(9-6-12)13-1-2-14-15(11-13)20(28)23(19(14)27)16-3-4-17(25)21-18(16)26;;/h3-7,10-11,15,19,22,25-26,29,33-35,41H,8-9,12-14,16-18,20-21,23-24,27-28H2,1-2H3,(H,51,57,58);3-9,14-15,20-22,30H,10-13,16-17H2,1-2H3;1-2,10-12,16H,3-9H2,(H,21,25,26);2*1H4. The fourth-order valence-electron chi connectivity index (χ4n) is 21.8. The van der Waals surface area contributed by atoms with E-state index in [1.165, 1.54) is 102 Å². The molecule has 10 aromatic rings. The molecule has 2 spiro atoms. The van der Waals surface area contributed by atoms with Crippen molar-refractivity contribution in [1.82, 2.24) is 69.5 Å². The summed E-state index contributed by atoms with van der Waals surface area (Å²) in [4.78, 5) is 143. The van der Waals surface area contributed by atoms with Crippen molar-refractivity contribution >= 4 is 109 Å². The van der Waals surface area contributed by atoms with Crippen molar-refractivity contribution < 1.29 is 52.6 Å². The number of hydrogen-bond acceptors (Lipinski definition) is 21. The quantitative estimate of drug-likeness (QED) is 0.0500. The lowest BCUT2D eigenvalue weighted by molar-refractivity contribution is -0.137. The number of aromatic nitrogens is 6. The molecule has 14 heterocycles. The van der Waals surface area contributed by atoms with Crippen LogP contribution in [0, 0.1) is 22.7 Å². The van der Waals surface area contributed by atoms with Crippen molar-refractivity contribution in [2.75, 3.05) is 82.8 Å². The highest BCUT2D eigenvalue weighted by Gasteiger charge is 2.56. The lowest BCUT2D eigenvalue weighted by atomic mass is 9.59. The molecular weight excluding hydrogens is 1580 g/mol. The van der Waals surface area contributed by atoms with Crippen LogP contribution in [0.5, 0.6) is 11.8 Å². The van der Waals surface area contributed by atoms with E-state index in [0.717, 1.165) is 146 Å². The van der Waals surface area contributed by atoms with E-state index in [1.807, 2.05) is 67.5 Å². The number of nitrogens with zero attached hydrogens (tertiary/aromatic N) is 13. The third kappa shape index (κ3) is 15.8. The Kier molecular flexibility index (Phi) is 22.9. The second kappa shape index (κ2) is 34.0. The lowest BCUT2D eigenvalue weighted by Crippen LogP contribution is -2.67. The maximum Gasteiger partial charge on any atom is 0.262 e. The molecule has 22 rings (SSSR count). The van der Waals surface area contributed by atoms with Gasteiger partial charge in [-0.15, -0.1) is 0 Å². The first-order valence-corrected chi connectivity index (χ1v) is 44.1. The highest BCUT2D eigenvalue weighted by Crippen LogP contribution is 2.53. The highest BCUT2D eigenvalue weighted by molar-refractivity contribution is 6.25. The van der Waals surface area contributed by atoms with Crippen molar-refractivity contribution in [3.8, 4) is 34.0 Å². The Labute approximate surface area is 727 Å². The number of amides is 8. The number of fused-ring (bicyclic) bond motifs is 8. The number of hydrogen-bond donors (Lipinski definition) is 3. The van der Waals surface area contributed by atoms with Gasteiger partial charge in [0.05, 0.1) is 33.3 Å². The number of benzene rings is 4. The van der Waals surface area contributed by atoms with Crippen LogP contribution in [0.1, 0.15) is 172 Å². The van der Waals surface area contributed by atoms with E-state index in [1.54, 1.807) is 18.2 Å². The molecular formula is C98H112N16O11. The molecule has 12 aliphatic rings. The molecule has 27 nitrogen and oxygen atoms in total. The van der Waals surface area contributed by atoms with E-state index in [4.69, 9.17) is 14.5 Å². The summed E-state index contributed by atoms with van der Waals surface area (Å²) >= 11 is 0. The number of piperidine rings is 4. The molecule has 125 heavy (non-hydrogen) atoms. The Morgan fingerprint density at radius 2 is 0.896 bits per heavy atom. The van der Waals surface area contributed by atoms with Crippen LogP contribution in [0.25, 0.3) is 65.9 Å². The molecule has 0 radical (unpaired) electrons. The Balaban J connectivity index is 0.000000140. The predicted octanol–water partition coefficient (Wildman–Crippen LogP) is 12.3. The summed E-state index contributed by atoms with van der Waals surface area (Å²) in [7, 11) is 8.84. The first-order valence-electron chi connectivity index (χ1n) is 44.1. The van der Waals surface area contributed by atoms with Crippen molar-refractivity contribution in [2.45, 2.75) is 179 Å². The molecule has 4 aromatic carbocycles. The van der Waals surface area contributed by atoms with Crippen LogP contribution in [0.4, 0.5) is 11.4 Å². The normalized spacial score (nSPS) is 23.9. The van der Waals surface area contributed by atoms with Crippen LogP contribution in [-0.4, -0.2) is 229 Å². The molecule has 2 unspecified atom stereocenters. The van der Waals surface area contributed by atoms with Crippen molar-refractivity contribution in [3.63, 3.8) is 0 Å². The van der Waals surface area contributed by atoms with Crippen molar-refractivity contribution in [2.24, 2.45) is 36.8 Å². The first kappa shape index (κ1) is 84.2. The average molecular weight is 1690 g/mol. The number of nitrogens with one attached hydrogen (secondary N) is 3. The fraction of sp³-hybridized carbons (Fsp3) is 0.459. The van der Waals surface area contributed by atoms with Gasteiger partial charge in [0.2, 0.25) is 35.4 Å². The number of aryl methyl sites for hydroxylation is 2. The van der Waals surface area contributed by atoms with Crippen LogP contribution in [0.2, 0.25) is 0 Å². The van der Waals surface area contributed by atoms with Crippen LogP contribution in [0.3, 0.4) is 0 Å².